The first-order chi connectivity index (χ1) is 3.27. The number of aliphatic carboxylic acids is 1. The second-order valence-corrected chi connectivity index (χ2v) is 0.542. The molecule has 0 aromatic rings. The molecule has 4 heteroatoms. The zero-order chi connectivity index (χ0) is 6.28. The van der Waals surface area contributed by atoms with Crippen molar-refractivity contribution >= 4 is 12.7 Å². The summed E-state index contributed by atoms with van der Waals surface area (Å²) < 4.78 is 0. The van der Waals surface area contributed by atoms with E-state index in [9.17, 15) is 4.79 Å². The van der Waals surface area contributed by atoms with E-state index in [1.807, 2.05) is 0 Å². The summed E-state index contributed by atoms with van der Waals surface area (Å²) in [7, 11) is 0. The van der Waals surface area contributed by atoms with Gasteiger partial charge >= 0.3 is 5.97 Å². The molecule has 0 rings (SSSR count). The number of carbonyl (C=O) groups is 1. The minimum atomic E-state index is -0.981. The molecule has 0 aromatic carbocycles. The van der Waals surface area contributed by atoms with Crippen molar-refractivity contribution in [1.29, 1.82) is 5.41 Å². The van der Waals surface area contributed by atoms with Crippen molar-refractivity contribution in [2.45, 2.75) is 0 Å². The maximum atomic E-state index is 9.25. The minimum Gasteiger partial charge on any atom is -0.478 e. The molecule has 0 heterocycles. The molecule has 0 amide bonds. The molecule has 0 fully saturated rings. The van der Waals surface area contributed by atoms with Crippen LogP contribution in [0, 0.1) is 5.41 Å². The largest absolute Gasteiger partial charge is 0.478 e. The third kappa shape index (κ3) is 101. The Morgan fingerprint density at radius 2 is 1.75 bits per heavy atom. The zero-order valence-corrected chi connectivity index (χ0v) is 4.55. The Morgan fingerprint density at radius 3 is 1.75 bits per heavy atom. The van der Waals surface area contributed by atoms with Crippen molar-refractivity contribution in [3.63, 3.8) is 0 Å². The molecule has 0 bridgehead atoms. The van der Waals surface area contributed by atoms with Crippen molar-refractivity contribution in [2.24, 2.45) is 0 Å². The van der Waals surface area contributed by atoms with Gasteiger partial charge < -0.3 is 16.7 Å². The van der Waals surface area contributed by atoms with Gasteiger partial charge in [0, 0.05) is 6.08 Å². The number of hydrogen-bond donors (Lipinski definition) is 3. The quantitative estimate of drug-likeness (QED) is 0.349. The van der Waals surface area contributed by atoms with Gasteiger partial charge in [0.15, 0.2) is 0 Å². The number of nitrogens with one attached hydrogen (secondary N) is 1. The van der Waals surface area contributed by atoms with Gasteiger partial charge in [-0.15, -0.1) is 0 Å². The second kappa shape index (κ2) is 17.0. The molecule has 0 aliphatic carbocycles. The lowest BCUT2D eigenvalue weighted by molar-refractivity contribution is -0.131. The van der Waals surface area contributed by atoms with Gasteiger partial charge in [-0.25, -0.2) is 4.79 Å². The van der Waals surface area contributed by atoms with Crippen molar-refractivity contribution in [2.75, 3.05) is 0 Å². The molecule has 0 radical (unpaired) electrons. The van der Waals surface area contributed by atoms with E-state index >= 15 is 0 Å². The Kier molecular flexibility index (Phi) is 33.5. The fourth-order valence-corrected chi connectivity index (χ4v) is 0. The lowest BCUT2D eigenvalue weighted by atomic mass is 10.7. The van der Waals surface area contributed by atoms with Crippen molar-refractivity contribution in [3.05, 3.63) is 12.7 Å². The van der Waals surface area contributed by atoms with Gasteiger partial charge in [-0.2, -0.15) is 0 Å². The summed E-state index contributed by atoms with van der Waals surface area (Å²) in [5.41, 5.74) is 0. The normalized spacial score (nSPS) is 4.50. The number of rotatable bonds is 1. The average Bonchev–Trinajstić information content (AvgIpc) is 1.73. The molecule has 48 valence electrons. The monoisotopic (exact) mass is 118 g/mol. The zero-order valence-electron chi connectivity index (χ0n) is 4.55. The van der Waals surface area contributed by atoms with Crippen LogP contribution in [0.1, 0.15) is 0 Å². The minimum absolute atomic E-state index is 0. The number of carboxylic acid groups (broad SMARTS) is 1. The molecule has 0 aliphatic heterocycles. The van der Waals surface area contributed by atoms with Crippen LogP contribution in [0.15, 0.2) is 12.7 Å². The summed E-state index contributed by atoms with van der Waals surface area (Å²) in [4.78, 5) is 9.25. The Labute approximate surface area is 47.9 Å². The van der Waals surface area contributed by atoms with Crippen molar-refractivity contribution in [1.82, 2.24) is 6.15 Å². The van der Waals surface area contributed by atoms with Gasteiger partial charge in [-0.1, -0.05) is 6.58 Å². The van der Waals surface area contributed by atoms with E-state index in [0.717, 1.165) is 6.08 Å². The molecule has 0 aromatic heterocycles. The molecule has 0 aliphatic rings. The Balaban J connectivity index is -0.0000000750. The first-order valence-electron chi connectivity index (χ1n) is 1.48. The topological polar surface area (TPSA) is 96.2 Å². The summed E-state index contributed by atoms with van der Waals surface area (Å²) >= 11 is 0. The standard InChI is InChI=1S/C3H4O2.CH3N.H3N/c1-2-3(4)5;1-2;/h2H,1H2,(H,4,5);2H,1H2;1H3. The molecule has 0 saturated heterocycles. The highest BCUT2D eigenvalue weighted by atomic mass is 16.4. The smallest absolute Gasteiger partial charge is 0.327 e. The first kappa shape index (κ1) is 15.8. The van der Waals surface area contributed by atoms with Crippen LogP contribution >= 0.6 is 0 Å². The molecule has 4 nitrogen and oxygen atoms in total. The van der Waals surface area contributed by atoms with Gasteiger partial charge in [0.25, 0.3) is 0 Å². The maximum Gasteiger partial charge on any atom is 0.327 e. The van der Waals surface area contributed by atoms with Crippen molar-refractivity contribution in [3.8, 4) is 0 Å². The Bertz CT molecular complexity index is 72.4. The molecule has 0 atom stereocenters. The van der Waals surface area contributed by atoms with Gasteiger partial charge in [0.05, 0.1) is 0 Å². The molecule has 0 spiro atoms. The molecular formula is C4H10N2O2. The van der Waals surface area contributed by atoms with Crippen LogP contribution in [0.4, 0.5) is 0 Å². The van der Waals surface area contributed by atoms with Gasteiger partial charge in [-0.05, 0) is 6.72 Å². The molecular weight excluding hydrogens is 108 g/mol. The second-order valence-electron chi connectivity index (χ2n) is 0.542. The summed E-state index contributed by atoms with van der Waals surface area (Å²) in [6.07, 6.45) is 0.833. The van der Waals surface area contributed by atoms with E-state index in [2.05, 4.69) is 13.3 Å². The lowest BCUT2D eigenvalue weighted by Gasteiger charge is -1.64. The summed E-state index contributed by atoms with van der Waals surface area (Å²) in [6.45, 7) is 5.46. The van der Waals surface area contributed by atoms with Gasteiger partial charge in [0.2, 0.25) is 0 Å². The van der Waals surface area contributed by atoms with Crippen LogP contribution in [-0.4, -0.2) is 17.8 Å². The number of hydrogen-bond acceptors (Lipinski definition) is 3. The van der Waals surface area contributed by atoms with E-state index in [1.54, 1.807) is 0 Å². The summed E-state index contributed by atoms with van der Waals surface area (Å²) in [5.74, 6) is -0.981. The van der Waals surface area contributed by atoms with E-state index < -0.39 is 5.97 Å². The molecule has 0 unspecified atom stereocenters. The SMILES string of the molecule is C=CC(=O)O.C=N.N. The predicted molar refractivity (Wildman–Crippen MR) is 32.7 cm³/mol. The van der Waals surface area contributed by atoms with E-state index in [-0.39, 0.29) is 6.15 Å². The third-order valence-electron chi connectivity index (χ3n) is 0.175. The highest BCUT2D eigenvalue weighted by Crippen LogP contribution is 1.54. The Morgan fingerprint density at radius 1 is 1.62 bits per heavy atom. The summed E-state index contributed by atoms with van der Waals surface area (Å²) in [5, 5.41) is 13.1. The van der Waals surface area contributed by atoms with E-state index in [1.165, 1.54) is 0 Å². The average molecular weight is 118 g/mol. The third-order valence-corrected chi connectivity index (χ3v) is 0.175. The van der Waals surface area contributed by atoms with Crippen molar-refractivity contribution < 1.29 is 9.90 Å². The van der Waals surface area contributed by atoms with Crippen LogP contribution in [-0.2, 0) is 4.79 Å². The first-order valence-corrected chi connectivity index (χ1v) is 1.48. The van der Waals surface area contributed by atoms with Gasteiger partial charge in [-0.3, -0.25) is 0 Å². The molecule has 0 saturated carbocycles. The maximum absolute atomic E-state index is 9.25. The Hall–Kier alpha value is -1.16. The molecule has 8 heavy (non-hydrogen) atoms. The summed E-state index contributed by atoms with van der Waals surface area (Å²) in [6, 6.07) is 0. The predicted octanol–water partition coefficient (Wildman–Crippen LogP) is 0.685. The van der Waals surface area contributed by atoms with E-state index in [0.29, 0.717) is 0 Å². The van der Waals surface area contributed by atoms with Crippen LogP contribution in [0.25, 0.3) is 0 Å². The van der Waals surface area contributed by atoms with Crippen LogP contribution in [0.3, 0.4) is 0 Å². The highest BCUT2D eigenvalue weighted by molar-refractivity contribution is 5.78. The van der Waals surface area contributed by atoms with E-state index in [4.69, 9.17) is 10.5 Å². The van der Waals surface area contributed by atoms with Gasteiger partial charge in [0.1, 0.15) is 0 Å². The molecule has 5 N–H and O–H groups in total. The van der Waals surface area contributed by atoms with Crippen LogP contribution in [0.5, 0.6) is 0 Å². The fraction of sp³-hybridized carbons (Fsp3) is 0. The van der Waals surface area contributed by atoms with Crippen LogP contribution < -0.4 is 6.15 Å². The lowest BCUT2D eigenvalue weighted by Crippen LogP contribution is -1.82. The fourth-order valence-electron chi connectivity index (χ4n) is 0. The van der Waals surface area contributed by atoms with Crippen LogP contribution in [0.2, 0.25) is 0 Å². The highest BCUT2D eigenvalue weighted by Gasteiger charge is 1.73. The number of carboxylic acids is 1.